The molecule has 1 saturated carbocycles. The van der Waals surface area contributed by atoms with E-state index in [9.17, 15) is 0 Å². The largest absolute Gasteiger partial charge is 0.365 e. The number of benzene rings is 1. The van der Waals surface area contributed by atoms with Crippen molar-refractivity contribution in [2.75, 3.05) is 5.32 Å². The first kappa shape index (κ1) is 14.5. The standard InChI is InChI=1S/C17H18ClN5/c1-23-16(11-6-8-12(18)9-7-11)22-14-15(19-10-20-17(14)23)21-13-4-2-3-5-13/h6-10,13H,2-5H2,1H3,(H,19,20,21). The number of aryl methyl sites for hydroxylation is 1. The summed E-state index contributed by atoms with van der Waals surface area (Å²) in [5.41, 5.74) is 2.68. The van der Waals surface area contributed by atoms with E-state index in [0.717, 1.165) is 33.4 Å². The molecule has 118 valence electrons. The molecule has 0 atom stereocenters. The van der Waals surface area contributed by atoms with E-state index in [1.807, 2.05) is 35.9 Å². The van der Waals surface area contributed by atoms with Crippen molar-refractivity contribution >= 4 is 28.6 Å². The second kappa shape index (κ2) is 5.81. The first-order chi connectivity index (χ1) is 11.2. The highest BCUT2D eigenvalue weighted by Crippen LogP contribution is 2.28. The van der Waals surface area contributed by atoms with Gasteiger partial charge in [-0.2, -0.15) is 0 Å². The van der Waals surface area contributed by atoms with Gasteiger partial charge in [0.2, 0.25) is 0 Å². The van der Waals surface area contributed by atoms with Crippen LogP contribution in [0.4, 0.5) is 5.82 Å². The van der Waals surface area contributed by atoms with Crippen LogP contribution < -0.4 is 5.32 Å². The van der Waals surface area contributed by atoms with E-state index in [-0.39, 0.29) is 0 Å². The molecule has 2 aromatic heterocycles. The van der Waals surface area contributed by atoms with Crippen molar-refractivity contribution in [1.29, 1.82) is 0 Å². The van der Waals surface area contributed by atoms with Crippen LogP contribution in [0.5, 0.6) is 0 Å². The van der Waals surface area contributed by atoms with Gasteiger partial charge in [-0.3, -0.25) is 0 Å². The third-order valence-corrected chi connectivity index (χ3v) is 4.71. The maximum absolute atomic E-state index is 5.98. The number of imidazole rings is 1. The molecule has 5 nitrogen and oxygen atoms in total. The predicted molar refractivity (Wildman–Crippen MR) is 92.6 cm³/mol. The lowest BCUT2D eigenvalue weighted by molar-refractivity contribution is 0.751. The molecule has 1 aliphatic rings. The van der Waals surface area contributed by atoms with Crippen molar-refractivity contribution in [2.24, 2.45) is 7.05 Å². The zero-order valence-electron chi connectivity index (χ0n) is 13.0. The van der Waals surface area contributed by atoms with Crippen molar-refractivity contribution in [3.8, 4) is 11.4 Å². The lowest BCUT2D eigenvalue weighted by Gasteiger charge is -2.12. The Bertz CT molecular complexity index is 834. The summed E-state index contributed by atoms with van der Waals surface area (Å²) in [6.45, 7) is 0. The first-order valence-electron chi connectivity index (χ1n) is 7.92. The second-order valence-corrected chi connectivity index (χ2v) is 6.46. The van der Waals surface area contributed by atoms with Crippen LogP contribution in [0.15, 0.2) is 30.6 Å². The van der Waals surface area contributed by atoms with Crippen molar-refractivity contribution in [1.82, 2.24) is 19.5 Å². The van der Waals surface area contributed by atoms with Gasteiger partial charge in [-0.15, -0.1) is 0 Å². The second-order valence-electron chi connectivity index (χ2n) is 6.02. The molecule has 0 radical (unpaired) electrons. The van der Waals surface area contributed by atoms with Crippen LogP contribution in [0.25, 0.3) is 22.6 Å². The maximum atomic E-state index is 5.98. The van der Waals surface area contributed by atoms with Gasteiger partial charge in [-0.05, 0) is 37.1 Å². The minimum Gasteiger partial charge on any atom is -0.365 e. The Hall–Kier alpha value is -2.14. The van der Waals surface area contributed by atoms with Crippen LogP contribution in [0.2, 0.25) is 5.02 Å². The van der Waals surface area contributed by atoms with Gasteiger partial charge in [0.1, 0.15) is 12.2 Å². The fourth-order valence-corrected chi connectivity index (χ4v) is 3.35. The van der Waals surface area contributed by atoms with E-state index >= 15 is 0 Å². The van der Waals surface area contributed by atoms with Crippen molar-refractivity contribution < 1.29 is 0 Å². The zero-order valence-corrected chi connectivity index (χ0v) is 13.7. The molecule has 0 saturated heterocycles. The number of hydrogen-bond donors (Lipinski definition) is 1. The molecule has 0 amide bonds. The molecular formula is C17H18ClN5. The zero-order chi connectivity index (χ0) is 15.8. The predicted octanol–water partition coefficient (Wildman–Crippen LogP) is 4.04. The van der Waals surface area contributed by atoms with E-state index in [4.69, 9.17) is 16.6 Å². The Balaban J connectivity index is 1.78. The van der Waals surface area contributed by atoms with Crippen LogP contribution in [-0.2, 0) is 7.05 Å². The lowest BCUT2D eigenvalue weighted by atomic mass is 10.2. The number of halogens is 1. The van der Waals surface area contributed by atoms with E-state index < -0.39 is 0 Å². The highest BCUT2D eigenvalue weighted by molar-refractivity contribution is 6.30. The summed E-state index contributed by atoms with van der Waals surface area (Å²) in [7, 11) is 1.98. The summed E-state index contributed by atoms with van der Waals surface area (Å²) >= 11 is 5.98. The van der Waals surface area contributed by atoms with Crippen LogP contribution in [0.1, 0.15) is 25.7 Å². The molecule has 1 aromatic carbocycles. The molecule has 0 aliphatic heterocycles. The van der Waals surface area contributed by atoms with Crippen LogP contribution in [0.3, 0.4) is 0 Å². The molecule has 1 fully saturated rings. The number of aromatic nitrogens is 4. The average molecular weight is 328 g/mol. The van der Waals surface area contributed by atoms with Crippen LogP contribution in [0, 0.1) is 0 Å². The molecule has 1 N–H and O–H groups in total. The molecule has 6 heteroatoms. The minimum atomic E-state index is 0.495. The fraction of sp³-hybridized carbons (Fsp3) is 0.353. The summed E-state index contributed by atoms with van der Waals surface area (Å²) < 4.78 is 2.00. The van der Waals surface area contributed by atoms with Gasteiger partial charge in [0.25, 0.3) is 0 Å². The summed E-state index contributed by atoms with van der Waals surface area (Å²) in [5, 5.41) is 4.26. The van der Waals surface area contributed by atoms with Crippen molar-refractivity contribution in [3.63, 3.8) is 0 Å². The molecule has 23 heavy (non-hydrogen) atoms. The van der Waals surface area contributed by atoms with Crippen molar-refractivity contribution in [3.05, 3.63) is 35.6 Å². The van der Waals surface area contributed by atoms with Crippen LogP contribution >= 0.6 is 11.6 Å². The third-order valence-electron chi connectivity index (χ3n) is 4.45. The molecule has 4 rings (SSSR count). The van der Waals surface area contributed by atoms with Gasteiger partial charge in [0.15, 0.2) is 17.0 Å². The highest BCUT2D eigenvalue weighted by atomic mass is 35.5. The van der Waals surface area contributed by atoms with Gasteiger partial charge in [-0.25, -0.2) is 15.0 Å². The lowest BCUT2D eigenvalue weighted by Crippen LogP contribution is -2.15. The molecule has 3 aromatic rings. The normalized spacial score (nSPS) is 15.4. The number of fused-ring (bicyclic) bond motifs is 1. The van der Waals surface area contributed by atoms with Gasteiger partial charge in [0, 0.05) is 23.7 Å². The smallest absolute Gasteiger partial charge is 0.165 e. The number of nitrogens with zero attached hydrogens (tertiary/aromatic N) is 4. The Morgan fingerprint density at radius 1 is 1.13 bits per heavy atom. The summed E-state index contributed by atoms with van der Waals surface area (Å²) in [6, 6.07) is 8.19. The summed E-state index contributed by atoms with van der Waals surface area (Å²) in [4.78, 5) is 13.6. The Morgan fingerprint density at radius 3 is 2.61 bits per heavy atom. The fourth-order valence-electron chi connectivity index (χ4n) is 3.23. The Morgan fingerprint density at radius 2 is 1.87 bits per heavy atom. The SMILES string of the molecule is Cn1c(-c2ccc(Cl)cc2)nc2c(NC3CCCC3)ncnc21. The van der Waals surface area contributed by atoms with Gasteiger partial charge < -0.3 is 9.88 Å². The van der Waals surface area contributed by atoms with Gasteiger partial charge >= 0.3 is 0 Å². The molecule has 0 bridgehead atoms. The number of anilines is 1. The number of rotatable bonds is 3. The molecule has 0 spiro atoms. The van der Waals surface area contributed by atoms with Crippen LogP contribution in [-0.4, -0.2) is 25.6 Å². The topological polar surface area (TPSA) is 55.6 Å². The van der Waals surface area contributed by atoms with Gasteiger partial charge in [0.05, 0.1) is 0 Å². The third kappa shape index (κ3) is 2.65. The molecular weight excluding hydrogens is 310 g/mol. The van der Waals surface area contributed by atoms with Gasteiger partial charge in [-0.1, -0.05) is 24.4 Å². The van der Waals surface area contributed by atoms with Crippen molar-refractivity contribution in [2.45, 2.75) is 31.7 Å². The minimum absolute atomic E-state index is 0.495. The quantitative estimate of drug-likeness (QED) is 0.788. The molecule has 2 heterocycles. The molecule has 0 unspecified atom stereocenters. The maximum Gasteiger partial charge on any atom is 0.165 e. The van der Waals surface area contributed by atoms with E-state index in [1.54, 1.807) is 6.33 Å². The highest BCUT2D eigenvalue weighted by Gasteiger charge is 2.19. The Kier molecular flexibility index (Phi) is 3.65. The number of hydrogen-bond acceptors (Lipinski definition) is 4. The summed E-state index contributed by atoms with van der Waals surface area (Å²) in [5.74, 6) is 1.70. The Labute approximate surface area is 139 Å². The van der Waals surface area contributed by atoms with E-state index in [0.29, 0.717) is 6.04 Å². The average Bonchev–Trinajstić information content (AvgIpc) is 3.18. The van der Waals surface area contributed by atoms with E-state index in [1.165, 1.54) is 25.7 Å². The number of nitrogens with one attached hydrogen (secondary N) is 1. The van der Waals surface area contributed by atoms with E-state index in [2.05, 4.69) is 15.3 Å². The first-order valence-corrected chi connectivity index (χ1v) is 8.30. The monoisotopic (exact) mass is 327 g/mol. The summed E-state index contributed by atoms with van der Waals surface area (Å²) in [6.07, 6.45) is 6.56. The molecule has 1 aliphatic carbocycles.